The van der Waals surface area contributed by atoms with Crippen molar-refractivity contribution < 1.29 is 17.6 Å². The van der Waals surface area contributed by atoms with Crippen LogP contribution >= 0.6 is 0 Å². The highest BCUT2D eigenvalue weighted by Gasteiger charge is 2.30. The van der Waals surface area contributed by atoms with E-state index in [1.165, 1.54) is 10.6 Å². The number of hydrogen-bond acceptors (Lipinski definition) is 6. The van der Waals surface area contributed by atoms with Gasteiger partial charge >= 0.3 is 6.03 Å². The number of piperidine rings is 1. The van der Waals surface area contributed by atoms with E-state index >= 15 is 0 Å². The lowest BCUT2D eigenvalue weighted by Gasteiger charge is -2.30. The molecule has 0 bridgehead atoms. The third kappa shape index (κ3) is 4.45. The van der Waals surface area contributed by atoms with Crippen LogP contribution in [0, 0.1) is 0 Å². The topological polar surface area (TPSA) is 114 Å². The second-order valence-electron chi connectivity index (χ2n) is 7.54. The number of sulfonamides is 1. The van der Waals surface area contributed by atoms with Crippen LogP contribution in [-0.2, 0) is 29.5 Å². The van der Waals surface area contributed by atoms with Gasteiger partial charge in [0.2, 0.25) is 10.0 Å². The van der Waals surface area contributed by atoms with Gasteiger partial charge in [-0.25, -0.2) is 17.5 Å². The number of aromatic nitrogens is 3. The van der Waals surface area contributed by atoms with Crippen molar-refractivity contribution in [2.75, 3.05) is 32.4 Å². The molecule has 4 heterocycles. The molecule has 0 spiro atoms. The summed E-state index contributed by atoms with van der Waals surface area (Å²) in [5.41, 5.74) is 0. The standard InChI is InChI=1S/C18H26N6O4S/c1-29(26,27)23-8-4-14(5-9-23)17-21-20-16-6-7-22(10-11-24(16)17)18(25)19-13-15-3-2-12-28-15/h2-3,12,14H,4-11,13H2,1H3,(H,19,25). The van der Waals surface area contributed by atoms with Crippen LogP contribution in [0.3, 0.4) is 0 Å². The third-order valence-corrected chi connectivity index (χ3v) is 6.93. The van der Waals surface area contributed by atoms with Gasteiger partial charge in [-0.2, -0.15) is 0 Å². The fourth-order valence-electron chi connectivity index (χ4n) is 3.98. The average molecular weight is 423 g/mol. The predicted molar refractivity (Wildman–Crippen MR) is 105 cm³/mol. The molecular formula is C18H26N6O4S. The van der Waals surface area contributed by atoms with Gasteiger partial charge in [-0.1, -0.05) is 0 Å². The van der Waals surface area contributed by atoms with Crippen molar-refractivity contribution in [2.24, 2.45) is 0 Å². The molecule has 11 heteroatoms. The number of amides is 2. The highest BCUT2D eigenvalue weighted by molar-refractivity contribution is 7.88. The summed E-state index contributed by atoms with van der Waals surface area (Å²) in [6, 6.07) is 3.50. The first kappa shape index (κ1) is 19.9. The zero-order chi connectivity index (χ0) is 20.4. The van der Waals surface area contributed by atoms with E-state index < -0.39 is 10.0 Å². The molecule has 2 aromatic rings. The number of nitrogens with zero attached hydrogens (tertiary/aromatic N) is 5. The van der Waals surface area contributed by atoms with Crippen molar-refractivity contribution in [1.82, 2.24) is 29.3 Å². The largest absolute Gasteiger partial charge is 0.467 e. The number of carbonyl (C=O) groups excluding carboxylic acids is 1. The molecule has 0 unspecified atom stereocenters. The predicted octanol–water partition coefficient (Wildman–Crippen LogP) is 0.778. The Balaban J connectivity index is 1.36. The Kier molecular flexibility index (Phi) is 5.59. The number of nitrogens with one attached hydrogen (secondary N) is 1. The van der Waals surface area contributed by atoms with Crippen LogP contribution in [0.2, 0.25) is 0 Å². The molecule has 29 heavy (non-hydrogen) atoms. The molecular weight excluding hydrogens is 396 g/mol. The number of carbonyl (C=O) groups is 1. The molecule has 0 atom stereocenters. The van der Waals surface area contributed by atoms with Crippen LogP contribution in [-0.4, -0.2) is 70.9 Å². The van der Waals surface area contributed by atoms with Crippen LogP contribution < -0.4 is 5.32 Å². The van der Waals surface area contributed by atoms with E-state index in [2.05, 4.69) is 20.1 Å². The van der Waals surface area contributed by atoms with Crippen molar-refractivity contribution in [3.63, 3.8) is 0 Å². The molecule has 2 aliphatic rings. The van der Waals surface area contributed by atoms with Gasteiger partial charge in [0.05, 0.1) is 19.1 Å². The summed E-state index contributed by atoms with van der Waals surface area (Å²) >= 11 is 0. The van der Waals surface area contributed by atoms with Crippen LogP contribution in [0.5, 0.6) is 0 Å². The van der Waals surface area contributed by atoms with Gasteiger partial charge in [-0.3, -0.25) is 0 Å². The molecule has 1 saturated heterocycles. The molecule has 2 aromatic heterocycles. The van der Waals surface area contributed by atoms with Crippen molar-refractivity contribution in [2.45, 2.75) is 38.3 Å². The smallest absolute Gasteiger partial charge is 0.317 e. The minimum Gasteiger partial charge on any atom is -0.467 e. The van der Waals surface area contributed by atoms with Crippen LogP contribution in [0.25, 0.3) is 0 Å². The molecule has 0 aromatic carbocycles. The Bertz CT molecular complexity index is 947. The highest BCUT2D eigenvalue weighted by Crippen LogP contribution is 2.28. The zero-order valence-corrected chi connectivity index (χ0v) is 17.3. The maximum atomic E-state index is 12.5. The van der Waals surface area contributed by atoms with E-state index in [1.54, 1.807) is 17.2 Å². The van der Waals surface area contributed by atoms with E-state index in [9.17, 15) is 13.2 Å². The summed E-state index contributed by atoms with van der Waals surface area (Å²) in [4.78, 5) is 14.3. The van der Waals surface area contributed by atoms with Crippen LogP contribution in [0.4, 0.5) is 4.79 Å². The van der Waals surface area contributed by atoms with Gasteiger partial charge < -0.3 is 19.2 Å². The summed E-state index contributed by atoms with van der Waals surface area (Å²) < 4.78 is 32.3. The quantitative estimate of drug-likeness (QED) is 0.779. The Hall–Kier alpha value is -2.40. The number of fused-ring (bicyclic) bond motifs is 1. The molecule has 0 aliphatic carbocycles. The Morgan fingerprint density at radius 3 is 2.69 bits per heavy atom. The summed E-state index contributed by atoms with van der Waals surface area (Å²) in [5.74, 6) is 2.69. The van der Waals surface area contributed by atoms with E-state index in [0.717, 1.165) is 24.5 Å². The van der Waals surface area contributed by atoms with E-state index in [-0.39, 0.29) is 11.9 Å². The Morgan fingerprint density at radius 1 is 1.21 bits per heavy atom. The van der Waals surface area contributed by atoms with Gasteiger partial charge in [0, 0.05) is 45.1 Å². The first-order valence-corrected chi connectivity index (χ1v) is 11.7. The maximum Gasteiger partial charge on any atom is 0.317 e. The number of rotatable bonds is 4. The monoisotopic (exact) mass is 422 g/mol. The summed E-state index contributed by atoms with van der Waals surface area (Å²) in [6.07, 6.45) is 4.95. The summed E-state index contributed by atoms with van der Waals surface area (Å²) in [5, 5.41) is 11.6. The van der Waals surface area contributed by atoms with Gasteiger partial charge in [-0.05, 0) is 25.0 Å². The van der Waals surface area contributed by atoms with Crippen LogP contribution in [0.15, 0.2) is 22.8 Å². The fraction of sp³-hybridized carbons (Fsp3) is 0.611. The lowest BCUT2D eigenvalue weighted by atomic mass is 9.97. The second kappa shape index (κ2) is 8.15. The third-order valence-electron chi connectivity index (χ3n) is 5.62. The van der Waals surface area contributed by atoms with Crippen molar-refractivity contribution >= 4 is 16.1 Å². The van der Waals surface area contributed by atoms with Gasteiger partial charge in [-0.15, -0.1) is 10.2 Å². The fourth-order valence-corrected chi connectivity index (χ4v) is 4.86. The molecule has 2 amide bonds. The van der Waals surface area contributed by atoms with E-state index in [0.29, 0.717) is 51.4 Å². The Morgan fingerprint density at radius 2 is 2.00 bits per heavy atom. The number of hydrogen-bond donors (Lipinski definition) is 1. The van der Waals surface area contributed by atoms with Crippen molar-refractivity contribution in [3.8, 4) is 0 Å². The Labute approximate surface area is 169 Å². The highest BCUT2D eigenvalue weighted by atomic mass is 32.2. The molecule has 0 saturated carbocycles. The molecule has 1 N–H and O–H groups in total. The minimum atomic E-state index is -3.15. The molecule has 0 radical (unpaired) electrons. The lowest BCUT2D eigenvalue weighted by molar-refractivity contribution is 0.197. The van der Waals surface area contributed by atoms with E-state index in [4.69, 9.17) is 4.42 Å². The molecule has 4 rings (SSSR count). The molecule has 10 nitrogen and oxygen atoms in total. The minimum absolute atomic E-state index is 0.122. The van der Waals surface area contributed by atoms with Gasteiger partial charge in [0.15, 0.2) is 0 Å². The first-order valence-electron chi connectivity index (χ1n) is 9.84. The van der Waals surface area contributed by atoms with Gasteiger partial charge in [0.1, 0.15) is 17.4 Å². The molecule has 2 aliphatic heterocycles. The lowest BCUT2D eigenvalue weighted by Crippen LogP contribution is -2.41. The van der Waals surface area contributed by atoms with Crippen molar-refractivity contribution in [3.05, 3.63) is 35.8 Å². The maximum absolute atomic E-state index is 12.5. The first-order chi connectivity index (χ1) is 13.9. The number of urea groups is 1. The zero-order valence-electron chi connectivity index (χ0n) is 16.5. The van der Waals surface area contributed by atoms with Crippen LogP contribution in [0.1, 0.15) is 36.2 Å². The second-order valence-corrected chi connectivity index (χ2v) is 9.52. The average Bonchev–Trinajstić information content (AvgIpc) is 3.31. The SMILES string of the molecule is CS(=O)(=O)N1CCC(c2nnc3n2CCN(C(=O)NCc2ccco2)CC3)CC1. The number of furan rings is 1. The van der Waals surface area contributed by atoms with Gasteiger partial charge in [0.25, 0.3) is 0 Å². The molecule has 158 valence electrons. The van der Waals surface area contributed by atoms with E-state index in [1.807, 2.05) is 6.07 Å². The summed E-state index contributed by atoms with van der Waals surface area (Å²) in [7, 11) is -3.15. The normalized spacial score (nSPS) is 19.0. The van der Waals surface area contributed by atoms with Crippen molar-refractivity contribution in [1.29, 1.82) is 0 Å². The summed E-state index contributed by atoms with van der Waals surface area (Å²) in [6.45, 7) is 3.16. The molecule has 1 fully saturated rings.